The molecule has 1 heterocycles. The maximum absolute atomic E-state index is 11.9. The van der Waals surface area contributed by atoms with Crippen LogP contribution in [0.3, 0.4) is 0 Å². The molecular weight excluding hydrogens is 372 g/mol. The van der Waals surface area contributed by atoms with Gasteiger partial charge in [-0.1, -0.05) is 23.4 Å². The Kier molecular flexibility index (Phi) is 6.09. The third-order valence-corrected chi connectivity index (χ3v) is 5.53. The molecule has 140 valence electrons. The van der Waals surface area contributed by atoms with Gasteiger partial charge in [0, 0.05) is 17.6 Å². The van der Waals surface area contributed by atoms with Crippen LogP contribution in [0.5, 0.6) is 5.75 Å². The lowest BCUT2D eigenvalue weighted by molar-refractivity contribution is -0.118. The number of carbonyl (C=O) groups excluding carboxylic acids is 1. The fourth-order valence-electron chi connectivity index (χ4n) is 2.58. The number of hydrogen-bond acceptors (Lipinski definition) is 5. The predicted octanol–water partition coefficient (Wildman–Crippen LogP) is 3.77. The van der Waals surface area contributed by atoms with Crippen LogP contribution in [0.15, 0.2) is 23.4 Å². The van der Waals surface area contributed by atoms with E-state index in [1.54, 1.807) is 0 Å². The molecule has 1 N–H and O–H groups in total. The van der Waals surface area contributed by atoms with E-state index in [2.05, 4.69) is 15.5 Å². The fourth-order valence-corrected chi connectivity index (χ4v) is 3.52. The zero-order chi connectivity index (χ0) is 18.7. The summed E-state index contributed by atoms with van der Waals surface area (Å²) in [5, 5.41) is 13.0. The van der Waals surface area contributed by atoms with Crippen LogP contribution < -0.4 is 10.1 Å². The van der Waals surface area contributed by atoms with Crippen molar-refractivity contribution in [3.05, 3.63) is 34.6 Å². The van der Waals surface area contributed by atoms with Gasteiger partial charge < -0.3 is 14.6 Å². The quantitative estimate of drug-likeness (QED) is 0.690. The summed E-state index contributed by atoms with van der Waals surface area (Å²) in [4.78, 5) is 11.9. The zero-order valence-electron chi connectivity index (χ0n) is 15.2. The van der Waals surface area contributed by atoms with Crippen LogP contribution in [0, 0.1) is 6.92 Å². The van der Waals surface area contributed by atoms with Gasteiger partial charge in [0.25, 0.3) is 0 Å². The molecular formula is C18H23ClN4O2S. The van der Waals surface area contributed by atoms with Crippen molar-refractivity contribution in [1.82, 2.24) is 20.1 Å². The summed E-state index contributed by atoms with van der Waals surface area (Å²) in [5.41, 5.74) is 0.964. The highest BCUT2D eigenvalue weighted by Gasteiger charge is 2.24. The normalized spacial score (nSPS) is 14.9. The Morgan fingerprint density at radius 3 is 2.88 bits per heavy atom. The summed E-state index contributed by atoms with van der Waals surface area (Å²) in [6.07, 6.45) is 1.91. The Morgan fingerprint density at radius 1 is 1.46 bits per heavy atom. The number of halogens is 1. The summed E-state index contributed by atoms with van der Waals surface area (Å²) in [6.45, 7) is 6.62. The predicted molar refractivity (Wildman–Crippen MR) is 103 cm³/mol. The molecule has 0 spiro atoms. The van der Waals surface area contributed by atoms with Gasteiger partial charge in [-0.15, -0.1) is 10.2 Å². The molecule has 1 fully saturated rings. The number of thioether (sulfide) groups is 1. The van der Waals surface area contributed by atoms with E-state index in [0.29, 0.717) is 23.4 Å². The molecule has 0 radical (unpaired) electrons. The first-order valence-corrected chi connectivity index (χ1v) is 10.1. The van der Waals surface area contributed by atoms with Gasteiger partial charge >= 0.3 is 0 Å². The second-order valence-electron chi connectivity index (χ2n) is 6.39. The van der Waals surface area contributed by atoms with Gasteiger partial charge in [0.2, 0.25) is 5.91 Å². The maximum Gasteiger partial charge on any atom is 0.230 e. The third kappa shape index (κ3) is 4.71. The molecule has 8 heteroatoms. The number of aromatic nitrogens is 3. The number of nitrogens with one attached hydrogen (secondary N) is 1. The summed E-state index contributed by atoms with van der Waals surface area (Å²) < 4.78 is 8.00. The number of aryl methyl sites for hydroxylation is 1. The highest BCUT2D eigenvalue weighted by molar-refractivity contribution is 7.99. The number of benzene rings is 1. The van der Waals surface area contributed by atoms with E-state index in [1.807, 2.05) is 43.5 Å². The Morgan fingerprint density at radius 2 is 2.23 bits per heavy atom. The molecule has 1 amide bonds. The second-order valence-corrected chi connectivity index (χ2v) is 7.74. The van der Waals surface area contributed by atoms with E-state index < -0.39 is 0 Å². The van der Waals surface area contributed by atoms with Gasteiger partial charge in [-0.3, -0.25) is 4.79 Å². The summed E-state index contributed by atoms with van der Waals surface area (Å²) in [6, 6.07) is 5.95. The molecule has 26 heavy (non-hydrogen) atoms. The van der Waals surface area contributed by atoms with Crippen LogP contribution in [-0.2, 0) is 11.3 Å². The van der Waals surface area contributed by atoms with Crippen molar-refractivity contribution < 1.29 is 9.53 Å². The third-order valence-electron chi connectivity index (χ3n) is 4.14. The molecule has 1 aromatic carbocycles. The minimum absolute atomic E-state index is 0.0469. The molecule has 6 nitrogen and oxygen atoms in total. The van der Waals surface area contributed by atoms with Gasteiger partial charge in [0.15, 0.2) is 17.1 Å². The van der Waals surface area contributed by atoms with Crippen molar-refractivity contribution in [3.63, 3.8) is 0 Å². The molecule has 1 aliphatic rings. The lowest BCUT2D eigenvalue weighted by Crippen LogP contribution is -2.27. The molecule has 0 saturated heterocycles. The van der Waals surface area contributed by atoms with Gasteiger partial charge in [-0.05, 0) is 57.4 Å². The van der Waals surface area contributed by atoms with Crippen molar-refractivity contribution in [2.45, 2.75) is 57.5 Å². The fraction of sp³-hybridized carbons (Fsp3) is 0.500. The average molecular weight is 395 g/mol. The van der Waals surface area contributed by atoms with E-state index in [-0.39, 0.29) is 12.0 Å². The number of carbonyl (C=O) groups is 1. The summed E-state index contributed by atoms with van der Waals surface area (Å²) >= 11 is 7.47. The van der Waals surface area contributed by atoms with E-state index in [0.717, 1.165) is 35.1 Å². The van der Waals surface area contributed by atoms with Crippen molar-refractivity contribution >= 4 is 29.3 Å². The first-order valence-electron chi connectivity index (χ1n) is 8.76. The topological polar surface area (TPSA) is 69.0 Å². The number of nitrogens with zero attached hydrogens (tertiary/aromatic N) is 3. The van der Waals surface area contributed by atoms with Crippen LogP contribution in [0.2, 0.25) is 5.02 Å². The highest BCUT2D eigenvalue weighted by Crippen LogP contribution is 2.27. The lowest BCUT2D eigenvalue weighted by atomic mass is 10.2. The number of hydrogen-bond donors (Lipinski definition) is 1. The maximum atomic E-state index is 11.9. The number of amides is 1. The lowest BCUT2D eigenvalue weighted by Gasteiger charge is -2.16. The van der Waals surface area contributed by atoms with Crippen molar-refractivity contribution in [2.24, 2.45) is 0 Å². The molecule has 1 aromatic heterocycles. The summed E-state index contributed by atoms with van der Waals surface area (Å²) in [7, 11) is 0. The number of ether oxygens (including phenoxy) is 1. The summed E-state index contributed by atoms with van der Waals surface area (Å²) in [5.74, 6) is 1.87. The van der Waals surface area contributed by atoms with Crippen LogP contribution in [0.1, 0.15) is 44.2 Å². The first-order chi connectivity index (χ1) is 12.5. The van der Waals surface area contributed by atoms with Gasteiger partial charge in [0.1, 0.15) is 5.75 Å². The molecule has 1 saturated carbocycles. The van der Waals surface area contributed by atoms with Crippen molar-refractivity contribution in [2.75, 3.05) is 5.75 Å². The standard InChI is InChI=1S/C18H23ClN4O2S/c1-4-23-17(12(3)25-14-7-8-15(19)11(2)9-14)21-22-18(23)26-10-16(24)20-13-5-6-13/h7-9,12-13H,4-6,10H2,1-3H3,(H,20,24). The second kappa shape index (κ2) is 8.31. The largest absolute Gasteiger partial charge is 0.483 e. The Labute approximate surface area is 162 Å². The number of rotatable bonds is 8. The van der Waals surface area contributed by atoms with Crippen LogP contribution in [0.4, 0.5) is 0 Å². The molecule has 0 aliphatic heterocycles. The van der Waals surface area contributed by atoms with E-state index in [1.165, 1.54) is 11.8 Å². The first kappa shape index (κ1) is 19.0. The van der Waals surface area contributed by atoms with Gasteiger partial charge in [0.05, 0.1) is 5.75 Å². The minimum Gasteiger partial charge on any atom is -0.483 e. The molecule has 1 unspecified atom stereocenters. The minimum atomic E-state index is -0.266. The highest BCUT2D eigenvalue weighted by atomic mass is 35.5. The van der Waals surface area contributed by atoms with Crippen LogP contribution in [-0.4, -0.2) is 32.5 Å². The SMILES string of the molecule is CCn1c(SCC(=O)NC2CC2)nnc1C(C)Oc1ccc(Cl)c(C)c1. The molecule has 1 atom stereocenters. The average Bonchev–Trinajstić information content (AvgIpc) is 3.32. The molecule has 3 rings (SSSR count). The van der Waals surface area contributed by atoms with E-state index in [9.17, 15) is 4.79 Å². The van der Waals surface area contributed by atoms with E-state index in [4.69, 9.17) is 16.3 Å². The zero-order valence-corrected chi connectivity index (χ0v) is 16.7. The Hall–Kier alpha value is -1.73. The molecule has 0 bridgehead atoms. The Balaban J connectivity index is 1.65. The van der Waals surface area contributed by atoms with Gasteiger partial charge in [-0.2, -0.15) is 0 Å². The van der Waals surface area contributed by atoms with E-state index >= 15 is 0 Å². The monoisotopic (exact) mass is 394 g/mol. The van der Waals surface area contributed by atoms with Crippen LogP contribution >= 0.6 is 23.4 Å². The molecule has 2 aromatic rings. The molecule has 1 aliphatic carbocycles. The van der Waals surface area contributed by atoms with Crippen molar-refractivity contribution in [1.29, 1.82) is 0 Å². The van der Waals surface area contributed by atoms with Crippen molar-refractivity contribution in [3.8, 4) is 5.75 Å². The Bertz CT molecular complexity index is 791. The van der Waals surface area contributed by atoms with Crippen LogP contribution in [0.25, 0.3) is 0 Å². The van der Waals surface area contributed by atoms with Gasteiger partial charge in [-0.25, -0.2) is 0 Å². The smallest absolute Gasteiger partial charge is 0.230 e.